The van der Waals surface area contributed by atoms with Crippen molar-refractivity contribution in [2.24, 2.45) is 7.05 Å². The van der Waals surface area contributed by atoms with Crippen LogP contribution in [0.2, 0.25) is 0 Å². The molecule has 12 heteroatoms. The Morgan fingerprint density at radius 1 is 1.06 bits per heavy atom. The van der Waals surface area contributed by atoms with Crippen LogP contribution in [0, 0.1) is 10.1 Å². The number of carbonyl (C=O) groups excluding carboxylic acids is 1. The van der Waals surface area contributed by atoms with Gasteiger partial charge in [-0.2, -0.15) is 13.2 Å². The van der Waals surface area contributed by atoms with Crippen molar-refractivity contribution in [1.82, 2.24) is 14.0 Å². The number of aromatic nitrogens is 2. The van der Waals surface area contributed by atoms with Crippen LogP contribution in [0.3, 0.4) is 0 Å². The number of para-hydroxylation sites is 2. The molecule has 0 saturated carbocycles. The van der Waals surface area contributed by atoms with E-state index in [9.17, 15) is 32.9 Å². The number of hydrogen-bond donors (Lipinski definition) is 0. The molecular weight excluding hydrogens is 443 g/mol. The summed E-state index contributed by atoms with van der Waals surface area (Å²) in [4.78, 5) is 39.1. The Labute approximate surface area is 185 Å². The van der Waals surface area contributed by atoms with Gasteiger partial charge in [0.2, 0.25) is 5.91 Å². The van der Waals surface area contributed by atoms with Gasteiger partial charge in [-0.25, -0.2) is 4.79 Å². The standard InChI is InChI=1S/C21H20F3N5O4/c1-25-15-4-2-3-5-17(15)28(20(25)31)13-19(30)27-10-8-26(9-11-27)16-7-6-14(21(22,23)24)12-18(16)29(32)33/h2-7,12H,8-11,13H2,1H3. The van der Waals surface area contributed by atoms with Gasteiger partial charge in [0.05, 0.1) is 21.5 Å². The van der Waals surface area contributed by atoms with Crippen molar-refractivity contribution in [2.45, 2.75) is 12.7 Å². The van der Waals surface area contributed by atoms with Crippen LogP contribution in [-0.4, -0.2) is 51.0 Å². The fourth-order valence-corrected chi connectivity index (χ4v) is 4.06. The molecule has 1 aromatic heterocycles. The first kappa shape index (κ1) is 22.4. The number of hydrogen-bond acceptors (Lipinski definition) is 5. The van der Waals surface area contributed by atoms with Crippen LogP contribution in [-0.2, 0) is 24.6 Å². The number of anilines is 1. The van der Waals surface area contributed by atoms with Gasteiger partial charge in [-0.1, -0.05) is 12.1 Å². The zero-order valence-electron chi connectivity index (χ0n) is 17.6. The van der Waals surface area contributed by atoms with E-state index in [1.807, 2.05) is 0 Å². The Morgan fingerprint density at radius 3 is 2.30 bits per heavy atom. The molecule has 0 N–H and O–H groups in total. The highest BCUT2D eigenvalue weighted by Gasteiger charge is 2.34. The first-order chi connectivity index (χ1) is 15.6. The summed E-state index contributed by atoms with van der Waals surface area (Å²) in [5.74, 6) is -0.282. The zero-order valence-corrected chi connectivity index (χ0v) is 17.6. The predicted molar refractivity (Wildman–Crippen MR) is 114 cm³/mol. The number of imidazole rings is 1. The molecule has 33 heavy (non-hydrogen) atoms. The maximum Gasteiger partial charge on any atom is 0.416 e. The Hall–Kier alpha value is -3.83. The quantitative estimate of drug-likeness (QED) is 0.438. The van der Waals surface area contributed by atoms with Crippen molar-refractivity contribution < 1.29 is 22.9 Å². The lowest BCUT2D eigenvalue weighted by Crippen LogP contribution is -2.50. The second-order valence-electron chi connectivity index (χ2n) is 7.74. The molecule has 1 amide bonds. The van der Waals surface area contributed by atoms with E-state index < -0.39 is 22.4 Å². The maximum absolute atomic E-state index is 12.9. The fraction of sp³-hybridized carbons (Fsp3) is 0.333. The summed E-state index contributed by atoms with van der Waals surface area (Å²) in [6, 6.07) is 9.55. The number of piperazine rings is 1. The summed E-state index contributed by atoms with van der Waals surface area (Å²) in [7, 11) is 1.63. The van der Waals surface area contributed by atoms with Crippen molar-refractivity contribution in [2.75, 3.05) is 31.1 Å². The highest BCUT2D eigenvalue weighted by Crippen LogP contribution is 2.36. The van der Waals surface area contributed by atoms with Gasteiger partial charge in [0, 0.05) is 39.3 Å². The Kier molecular flexibility index (Phi) is 5.60. The average molecular weight is 463 g/mol. The monoisotopic (exact) mass is 463 g/mol. The summed E-state index contributed by atoms with van der Waals surface area (Å²) >= 11 is 0. The number of benzene rings is 2. The number of nitrogens with zero attached hydrogens (tertiary/aromatic N) is 5. The minimum absolute atomic E-state index is 0.0744. The Balaban J connectivity index is 1.49. The molecular formula is C21H20F3N5O4. The molecule has 1 aliphatic heterocycles. The van der Waals surface area contributed by atoms with Gasteiger partial charge >= 0.3 is 11.9 Å². The van der Waals surface area contributed by atoms with E-state index in [0.29, 0.717) is 17.1 Å². The van der Waals surface area contributed by atoms with Crippen molar-refractivity contribution in [1.29, 1.82) is 0 Å². The summed E-state index contributed by atoms with van der Waals surface area (Å²) in [5, 5.41) is 11.4. The third-order valence-electron chi connectivity index (χ3n) is 5.82. The molecule has 4 rings (SSSR count). The lowest BCUT2D eigenvalue weighted by Gasteiger charge is -2.36. The lowest BCUT2D eigenvalue weighted by molar-refractivity contribution is -0.384. The first-order valence-corrected chi connectivity index (χ1v) is 10.1. The zero-order chi connectivity index (χ0) is 23.9. The SMILES string of the molecule is Cn1c(=O)n(CC(=O)N2CCN(c3ccc(C(F)(F)F)cc3[N+](=O)[O-])CC2)c2ccccc21. The average Bonchev–Trinajstić information content (AvgIpc) is 3.03. The van der Waals surface area contributed by atoms with Crippen molar-refractivity contribution >= 4 is 28.3 Å². The van der Waals surface area contributed by atoms with Gasteiger partial charge in [-0.15, -0.1) is 0 Å². The van der Waals surface area contributed by atoms with Gasteiger partial charge in [0.25, 0.3) is 5.69 Å². The van der Waals surface area contributed by atoms with Gasteiger partial charge in [-0.05, 0) is 24.3 Å². The summed E-state index contributed by atoms with van der Waals surface area (Å²) in [6.07, 6.45) is -4.69. The van der Waals surface area contributed by atoms with Crippen molar-refractivity contribution in [3.63, 3.8) is 0 Å². The van der Waals surface area contributed by atoms with E-state index in [4.69, 9.17) is 0 Å². The number of rotatable bonds is 4. The second-order valence-corrected chi connectivity index (χ2v) is 7.74. The smallest absolute Gasteiger partial charge is 0.362 e. The molecule has 9 nitrogen and oxygen atoms in total. The fourth-order valence-electron chi connectivity index (χ4n) is 4.06. The van der Waals surface area contributed by atoms with Crippen molar-refractivity contribution in [3.8, 4) is 0 Å². The highest BCUT2D eigenvalue weighted by molar-refractivity contribution is 5.81. The van der Waals surface area contributed by atoms with Crippen LogP contribution < -0.4 is 10.6 Å². The van der Waals surface area contributed by atoms with E-state index in [0.717, 1.165) is 12.1 Å². The Bertz CT molecular complexity index is 1290. The number of nitro groups is 1. The van der Waals surface area contributed by atoms with Crippen LogP contribution in [0.15, 0.2) is 47.3 Å². The summed E-state index contributed by atoms with van der Waals surface area (Å²) in [5.41, 5.74) is -0.625. The number of halogens is 3. The first-order valence-electron chi connectivity index (χ1n) is 10.1. The minimum atomic E-state index is -4.69. The summed E-state index contributed by atoms with van der Waals surface area (Å²) < 4.78 is 41.7. The lowest BCUT2D eigenvalue weighted by atomic mass is 10.1. The minimum Gasteiger partial charge on any atom is -0.362 e. The number of nitro benzene ring substituents is 1. The number of aryl methyl sites for hydroxylation is 1. The molecule has 3 aromatic rings. The largest absolute Gasteiger partial charge is 0.416 e. The topological polar surface area (TPSA) is 93.6 Å². The van der Waals surface area contributed by atoms with Crippen molar-refractivity contribution in [3.05, 3.63) is 68.6 Å². The van der Waals surface area contributed by atoms with Gasteiger partial charge < -0.3 is 9.80 Å². The number of amides is 1. The number of alkyl halides is 3. The third kappa shape index (κ3) is 4.15. The predicted octanol–water partition coefficient (Wildman–Crippen LogP) is 2.62. The molecule has 1 aliphatic rings. The molecule has 1 saturated heterocycles. The Morgan fingerprint density at radius 2 is 1.70 bits per heavy atom. The molecule has 2 heterocycles. The van der Waals surface area contributed by atoms with Gasteiger partial charge in [-0.3, -0.25) is 24.0 Å². The molecule has 174 valence electrons. The molecule has 2 aromatic carbocycles. The molecule has 0 spiro atoms. The van der Waals surface area contributed by atoms with Crippen LogP contribution in [0.4, 0.5) is 24.5 Å². The van der Waals surface area contributed by atoms with Gasteiger partial charge in [0.1, 0.15) is 12.2 Å². The molecule has 0 aliphatic carbocycles. The molecule has 0 radical (unpaired) electrons. The third-order valence-corrected chi connectivity index (χ3v) is 5.82. The van der Waals surface area contributed by atoms with E-state index in [2.05, 4.69) is 0 Å². The van der Waals surface area contributed by atoms with Crippen LogP contribution in [0.5, 0.6) is 0 Å². The number of carbonyl (C=O) groups is 1. The summed E-state index contributed by atoms with van der Waals surface area (Å²) in [6.45, 7) is 0.707. The molecule has 0 unspecified atom stereocenters. The normalized spacial score (nSPS) is 14.7. The van der Waals surface area contributed by atoms with Crippen LogP contribution in [0.25, 0.3) is 11.0 Å². The van der Waals surface area contributed by atoms with Crippen LogP contribution >= 0.6 is 0 Å². The molecule has 0 bridgehead atoms. The highest BCUT2D eigenvalue weighted by atomic mass is 19.4. The van der Waals surface area contributed by atoms with Crippen LogP contribution in [0.1, 0.15) is 5.56 Å². The molecule has 0 atom stereocenters. The number of fused-ring (bicyclic) bond motifs is 1. The van der Waals surface area contributed by atoms with E-state index in [1.54, 1.807) is 41.1 Å². The van der Waals surface area contributed by atoms with E-state index in [-0.39, 0.29) is 50.0 Å². The maximum atomic E-state index is 12.9. The van der Waals surface area contributed by atoms with E-state index >= 15 is 0 Å². The second kappa shape index (κ2) is 8.26. The van der Waals surface area contributed by atoms with E-state index in [1.165, 1.54) is 9.13 Å². The molecule has 1 fully saturated rings. The van der Waals surface area contributed by atoms with Gasteiger partial charge in [0.15, 0.2) is 0 Å².